The molecule has 0 aliphatic carbocycles. The summed E-state index contributed by atoms with van der Waals surface area (Å²) < 4.78 is 34.1. The minimum absolute atomic E-state index is 0.233. The monoisotopic (exact) mass is 1010 g/mol. The lowest BCUT2D eigenvalue weighted by Crippen LogP contribution is -2.66. The second kappa shape index (κ2) is 36.0. The summed E-state index contributed by atoms with van der Waals surface area (Å²) in [4.78, 5) is 13.2. The molecule has 0 radical (unpaired) electrons. The lowest BCUT2D eigenvalue weighted by molar-refractivity contribution is -0.379. The number of ether oxygens (including phenoxy) is 6. The predicted molar refractivity (Wildman–Crippen MR) is 259 cm³/mol. The Morgan fingerprint density at radius 1 is 0.500 bits per heavy atom. The van der Waals surface area contributed by atoms with E-state index in [-0.39, 0.29) is 18.9 Å². The molecule has 1 amide bonds. The lowest BCUT2D eigenvalue weighted by Gasteiger charge is -2.48. The van der Waals surface area contributed by atoms with Crippen LogP contribution in [0.25, 0.3) is 0 Å². The molecule has 3 heterocycles. The van der Waals surface area contributed by atoms with Gasteiger partial charge >= 0.3 is 0 Å². The second-order valence-corrected chi connectivity index (χ2v) is 19.0. The minimum atomic E-state index is -1.98. The van der Waals surface area contributed by atoms with Crippen LogP contribution >= 0.6 is 0 Å². The van der Waals surface area contributed by atoms with Crippen LogP contribution in [0, 0.1) is 0 Å². The number of unbranched alkanes of at least 4 members (excludes halogenated alkanes) is 16. The van der Waals surface area contributed by atoms with Crippen LogP contribution in [0.15, 0.2) is 36.5 Å². The number of nitrogens with one attached hydrogen (secondary N) is 1. The van der Waals surface area contributed by atoms with Gasteiger partial charge in [0.2, 0.25) is 5.91 Å². The van der Waals surface area contributed by atoms with Crippen molar-refractivity contribution in [3.05, 3.63) is 36.5 Å². The zero-order valence-corrected chi connectivity index (χ0v) is 41.7. The molecule has 17 atom stereocenters. The zero-order valence-electron chi connectivity index (χ0n) is 41.7. The normalized spacial score (nSPS) is 32.8. The molecule has 3 aliphatic heterocycles. The van der Waals surface area contributed by atoms with Crippen LogP contribution in [-0.2, 0) is 33.2 Å². The van der Waals surface area contributed by atoms with Crippen LogP contribution in [-0.4, -0.2) is 193 Å². The molecular weight excluding hydrogens is 915 g/mol. The van der Waals surface area contributed by atoms with E-state index in [4.69, 9.17) is 28.4 Å². The van der Waals surface area contributed by atoms with Crippen LogP contribution in [0.5, 0.6) is 0 Å². The average Bonchev–Trinajstić information content (AvgIpc) is 3.35. The third kappa shape index (κ3) is 21.5. The Labute approximate surface area is 415 Å². The number of amides is 1. The standard InChI is InChI=1S/C51H91NO18/c1-3-5-7-9-11-13-15-16-17-19-20-22-24-26-28-35(56)34(52-39(57)29-27-25-23-21-18-14-12-10-8-6-4-2)33-65-49-45(63)42(60)47(37(31-54)67-49)70-51-46(64)43(61)48(38(32-55)68-51)69-50-44(62)41(59)40(58)36(30-53)66-50/h13,15,19-20,26,28,34-38,40-51,53-56,58-64H,3-12,14,16-18,21-25,27,29-33H2,1-2H3,(H,52,57)/b15-13+,20-19+,28-26+. The fourth-order valence-electron chi connectivity index (χ4n) is 8.75. The number of rotatable bonds is 36. The van der Waals surface area contributed by atoms with Gasteiger partial charge in [0, 0.05) is 6.42 Å². The van der Waals surface area contributed by atoms with Crippen molar-refractivity contribution < 1.29 is 89.4 Å². The van der Waals surface area contributed by atoms with Crippen molar-refractivity contribution in [3.63, 3.8) is 0 Å². The van der Waals surface area contributed by atoms with Gasteiger partial charge in [-0.2, -0.15) is 0 Å². The molecule has 0 aromatic heterocycles. The smallest absolute Gasteiger partial charge is 0.220 e. The van der Waals surface area contributed by atoms with Gasteiger partial charge in [0.05, 0.1) is 38.6 Å². The molecule has 19 heteroatoms. The van der Waals surface area contributed by atoms with Crippen molar-refractivity contribution >= 4 is 5.91 Å². The molecule has 17 unspecified atom stereocenters. The summed E-state index contributed by atoms with van der Waals surface area (Å²) in [7, 11) is 0. The van der Waals surface area contributed by atoms with Gasteiger partial charge in [0.25, 0.3) is 0 Å². The topological polar surface area (TPSA) is 307 Å². The fraction of sp³-hybridized carbons (Fsp3) is 0.863. The van der Waals surface area contributed by atoms with Gasteiger partial charge in [-0.05, 0) is 44.9 Å². The molecule has 0 saturated carbocycles. The zero-order chi connectivity index (χ0) is 51.3. The van der Waals surface area contributed by atoms with Gasteiger partial charge in [-0.1, -0.05) is 134 Å². The maximum atomic E-state index is 13.2. The largest absolute Gasteiger partial charge is 0.394 e. The number of carbonyl (C=O) groups excluding carboxylic acids is 1. The highest BCUT2D eigenvalue weighted by atomic mass is 16.8. The van der Waals surface area contributed by atoms with Gasteiger partial charge in [-0.25, -0.2) is 0 Å². The summed E-state index contributed by atoms with van der Waals surface area (Å²) in [6.07, 6.45) is 7.23. The number of aliphatic hydroxyl groups excluding tert-OH is 11. The van der Waals surface area contributed by atoms with Crippen molar-refractivity contribution in [2.24, 2.45) is 0 Å². The maximum absolute atomic E-state index is 13.2. The highest BCUT2D eigenvalue weighted by Gasteiger charge is 2.53. The number of carbonyl (C=O) groups is 1. The van der Waals surface area contributed by atoms with Crippen LogP contribution in [0.1, 0.15) is 149 Å². The molecule has 0 aromatic carbocycles. The highest BCUT2D eigenvalue weighted by Crippen LogP contribution is 2.33. The molecule has 12 N–H and O–H groups in total. The first-order chi connectivity index (χ1) is 33.8. The Balaban J connectivity index is 1.58. The van der Waals surface area contributed by atoms with E-state index >= 15 is 0 Å². The summed E-state index contributed by atoms with van der Waals surface area (Å²) in [6.45, 7) is 1.62. The molecule has 0 spiro atoms. The molecule has 19 nitrogen and oxygen atoms in total. The molecule has 408 valence electrons. The molecule has 0 aromatic rings. The summed E-state index contributed by atoms with van der Waals surface area (Å²) in [6, 6.07) is -0.990. The molecule has 70 heavy (non-hydrogen) atoms. The minimum Gasteiger partial charge on any atom is -0.394 e. The Hall–Kier alpha value is -1.99. The fourth-order valence-corrected chi connectivity index (χ4v) is 8.75. The highest BCUT2D eigenvalue weighted by molar-refractivity contribution is 5.76. The second-order valence-electron chi connectivity index (χ2n) is 19.0. The Bertz CT molecular complexity index is 1440. The van der Waals surface area contributed by atoms with Crippen LogP contribution in [0.4, 0.5) is 0 Å². The first-order valence-corrected chi connectivity index (χ1v) is 26.2. The third-order valence-corrected chi connectivity index (χ3v) is 13.2. The molecule has 3 aliphatic rings. The number of allylic oxidation sites excluding steroid dienone is 5. The van der Waals surface area contributed by atoms with E-state index in [0.717, 1.165) is 44.9 Å². The van der Waals surface area contributed by atoms with E-state index in [1.807, 2.05) is 6.08 Å². The SMILES string of the molecule is CCCCCC/C=C/CC/C=C/CC/C=C/C(O)C(COC1OC(CO)C(OC2OC(CO)C(OC3OC(CO)C(O)C(O)C3O)C(O)C2O)C(O)C1O)NC(=O)CCCCCCCCCCCCC. The quantitative estimate of drug-likeness (QED) is 0.0316. The lowest BCUT2D eigenvalue weighted by atomic mass is 9.96. The Morgan fingerprint density at radius 3 is 1.43 bits per heavy atom. The van der Waals surface area contributed by atoms with Gasteiger partial charge in [-0.15, -0.1) is 0 Å². The van der Waals surface area contributed by atoms with Gasteiger partial charge < -0.3 is 89.9 Å². The molecule has 3 saturated heterocycles. The van der Waals surface area contributed by atoms with Gasteiger partial charge in [0.1, 0.15) is 73.2 Å². The number of hydrogen-bond donors (Lipinski definition) is 12. The first-order valence-electron chi connectivity index (χ1n) is 26.2. The van der Waals surface area contributed by atoms with Crippen LogP contribution < -0.4 is 5.32 Å². The number of aliphatic hydroxyl groups is 11. The van der Waals surface area contributed by atoms with E-state index in [1.165, 1.54) is 70.6 Å². The maximum Gasteiger partial charge on any atom is 0.220 e. The van der Waals surface area contributed by atoms with Crippen molar-refractivity contribution in [2.45, 2.75) is 253 Å². The van der Waals surface area contributed by atoms with E-state index < -0.39 is 124 Å². The van der Waals surface area contributed by atoms with E-state index in [1.54, 1.807) is 6.08 Å². The summed E-state index contributed by atoms with van der Waals surface area (Å²) >= 11 is 0. The van der Waals surface area contributed by atoms with Gasteiger partial charge in [-0.3, -0.25) is 4.79 Å². The van der Waals surface area contributed by atoms with Crippen molar-refractivity contribution in [3.8, 4) is 0 Å². The van der Waals surface area contributed by atoms with E-state index in [9.17, 15) is 61.0 Å². The third-order valence-electron chi connectivity index (χ3n) is 13.2. The number of hydrogen-bond acceptors (Lipinski definition) is 18. The average molecular weight is 1010 g/mol. The van der Waals surface area contributed by atoms with Crippen molar-refractivity contribution in [1.82, 2.24) is 5.32 Å². The van der Waals surface area contributed by atoms with Gasteiger partial charge in [0.15, 0.2) is 18.9 Å². The van der Waals surface area contributed by atoms with E-state index in [2.05, 4.69) is 43.5 Å². The predicted octanol–water partition coefficient (Wildman–Crippen LogP) is 2.20. The Morgan fingerprint density at radius 2 is 0.914 bits per heavy atom. The van der Waals surface area contributed by atoms with Crippen molar-refractivity contribution in [2.75, 3.05) is 26.4 Å². The molecule has 0 bridgehead atoms. The summed E-state index contributed by atoms with van der Waals surface area (Å²) in [5.41, 5.74) is 0. The molecule has 3 fully saturated rings. The van der Waals surface area contributed by atoms with Crippen LogP contribution in [0.2, 0.25) is 0 Å². The van der Waals surface area contributed by atoms with Crippen molar-refractivity contribution in [1.29, 1.82) is 0 Å². The summed E-state index contributed by atoms with van der Waals surface area (Å²) in [5, 5.41) is 120. The summed E-state index contributed by atoms with van der Waals surface area (Å²) in [5.74, 6) is -0.294. The van der Waals surface area contributed by atoms with Crippen LogP contribution in [0.3, 0.4) is 0 Å². The Kier molecular flexibility index (Phi) is 32.1. The van der Waals surface area contributed by atoms with E-state index in [0.29, 0.717) is 12.8 Å². The molecule has 3 rings (SSSR count). The first kappa shape index (κ1) is 62.3. The molecular formula is C51H91NO18.